The SMILES string of the molecule is CCCCC/C=C\CCCN1CCC2(CC1)C(=O)NC(CC(C)C)C(=O)N2CCC. The third-order valence-corrected chi connectivity index (χ3v) is 6.63. The van der Waals surface area contributed by atoms with Crippen molar-refractivity contribution in [1.29, 1.82) is 0 Å². The number of hydrogen-bond donors (Lipinski definition) is 1. The lowest BCUT2D eigenvalue weighted by atomic mass is 9.80. The highest BCUT2D eigenvalue weighted by atomic mass is 16.2. The first-order valence-corrected chi connectivity index (χ1v) is 12.4. The topological polar surface area (TPSA) is 52.7 Å². The predicted molar refractivity (Wildman–Crippen MR) is 124 cm³/mol. The van der Waals surface area contributed by atoms with Gasteiger partial charge in [-0.1, -0.05) is 52.7 Å². The number of piperazine rings is 1. The summed E-state index contributed by atoms with van der Waals surface area (Å²) in [4.78, 5) is 30.8. The number of nitrogens with one attached hydrogen (secondary N) is 1. The molecule has 1 N–H and O–H groups in total. The second kappa shape index (κ2) is 12.5. The van der Waals surface area contributed by atoms with Crippen molar-refractivity contribution in [3.8, 4) is 0 Å². The Labute approximate surface area is 184 Å². The van der Waals surface area contributed by atoms with E-state index in [1.165, 1.54) is 25.7 Å². The van der Waals surface area contributed by atoms with Crippen molar-refractivity contribution in [3.63, 3.8) is 0 Å². The molecular formula is C25H45N3O2. The van der Waals surface area contributed by atoms with Crippen LogP contribution in [-0.2, 0) is 9.59 Å². The molecule has 5 nitrogen and oxygen atoms in total. The first kappa shape index (κ1) is 24.9. The van der Waals surface area contributed by atoms with E-state index >= 15 is 0 Å². The second-order valence-corrected chi connectivity index (χ2v) is 9.63. The third-order valence-electron chi connectivity index (χ3n) is 6.63. The van der Waals surface area contributed by atoms with Crippen LogP contribution in [0.4, 0.5) is 0 Å². The summed E-state index contributed by atoms with van der Waals surface area (Å²) in [5, 5.41) is 3.08. The van der Waals surface area contributed by atoms with Crippen LogP contribution in [0.3, 0.4) is 0 Å². The summed E-state index contributed by atoms with van der Waals surface area (Å²) in [5.74, 6) is 0.599. The van der Waals surface area contributed by atoms with Crippen LogP contribution in [0.25, 0.3) is 0 Å². The fourth-order valence-electron chi connectivity index (χ4n) is 4.88. The van der Waals surface area contributed by atoms with E-state index in [0.717, 1.165) is 58.2 Å². The summed E-state index contributed by atoms with van der Waals surface area (Å²) in [6, 6.07) is -0.350. The Kier molecular flexibility index (Phi) is 10.4. The van der Waals surface area contributed by atoms with Gasteiger partial charge in [0.15, 0.2) is 0 Å². The molecule has 5 heteroatoms. The molecule has 2 saturated heterocycles. The summed E-state index contributed by atoms with van der Waals surface area (Å²) in [7, 11) is 0. The molecule has 0 bridgehead atoms. The van der Waals surface area contributed by atoms with Gasteiger partial charge < -0.3 is 15.1 Å². The van der Waals surface area contributed by atoms with Crippen LogP contribution in [0.5, 0.6) is 0 Å². The Morgan fingerprint density at radius 1 is 1.00 bits per heavy atom. The van der Waals surface area contributed by atoms with Crippen molar-refractivity contribution >= 4 is 11.8 Å². The Hall–Kier alpha value is -1.36. The average molecular weight is 420 g/mol. The van der Waals surface area contributed by atoms with Crippen molar-refractivity contribution in [2.45, 2.75) is 103 Å². The van der Waals surface area contributed by atoms with Gasteiger partial charge in [-0.3, -0.25) is 9.59 Å². The predicted octanol–water partition coefficient (Wildman–Crippen LogP) is 4.52. The van der Waals surface area contributed by atoms with Gasteiger partial charge in [0, 0.05) is 19.6 Å². The van der Waals surface area contributed by atoms with Gasteiger partial charge in [0.05, 0.1) is 0 Å². The maximum atomic E-state index is 13.2. The minimum Gasteiger partial charge on any atom is -0.342 e. The van der Waals surface area contributed by atoms with Gasteiger partial charge in [0.2, 0.25) is 11.8 Å². The van der Waals surface area contributed by atoms with Crippen LogP contribution in [0.15, 0.2) is 12.2 Å². The molecule has 0 radical (unpaired) electrons. The van der Waals surface area contributed by atoms with Gasteiger partial charge >= 0.3 is 0 Å². The van der Waals surface area contributed by atoms with Gasteiger partial charge in [-0.25, -0.2) is 0 Å². The zero-order chi connectivity index (χ0) is 22.0. The zero-order valence-corrected chi connectivity index (χ0v) is 19.9. The zero-order valence-electron chi connectivity index (χ0n) is 19.9. The normalized spacial score (nSPS) is 22.4. The van der Waals surface area contributed by atoms with Crippen molar-refractivity contribution in [3.05, 3.63) is 12.2 Å². The molecule has 30 heavy (non-hydrogen) atoms. The maximum Gasteiger partial charge on any atom is 0.246 e. The molecule has 2 heterocycles. The minimum absolute atomic E-state index is 0.0795. The molecule has 0 aliphatic carbocycles. The molecule has 2 aliphatic heterocycles. The lowest BCUT2D eigenvalue weighted by Gasteiger charge is -2.52. The average Bonchev–Trinajstić information content (AvgIpc) is 2.72. The van der Waals surface area contributed by atoms with Gasteiger partial charge in [-0.15, -0.1) is 0 Å². The van der Waals surface area contributed by atoms with Crippen LogP contribution in [0, 0.1) is 5.92 Å². The van der Waals surface area contributed by atoms with E-state index in [2.05, 4.69) is 50.1 Å². The van der Waals surface area contributed by atoms with E-state index in [9.17, 15) is 9.59 Å². The van der Waals surface area contributed by atoms with Crippen LogP contribution >= 0.6 is 0 Å². The van der Waals surface area contributed by atoms with Crippen LogP contribution < -0.4 is 5.32 Å². The number of likely N-dealkylation sites (tertiary alicyclic amines) is 1. The summed E-state index contributed by atoms with van der Waals surface area (Å²) < 4.78 is 0. The maximum absolute atomic E-state index is 13.2. The van der Waals surface area contributed by atoms with E-state index in [4.69, 9.17) is 0 Å². The number of piperidine rings is 1. The summed E-state index contributed by atoms with van der Waals surface area (Å²) >= 11 is 0. The van der Waals surface area contributed by atoms with Crippen molar-refractivity contribution in [2.24, 2.45) is 5.92 Å². The van der Waals surface area contributed by atoms with Crippen molar-refractivity contribution in [2.75, 3.05) is 26.2 Å². The van der Waals surface area contributed by atoms with Crippen LogP contribution in [0.1, 0.15) is 91.9 Å². The van der Waals surface area contributed by atoms with E-state index in [1.807, 2.05) is 4.90 Å². The molecule has 0 aromatic carbocycles. The molecule has 0 saturated carbocycles. The minimum atomic E-state index is -0.629. The largest absolute Gasteiger partial charge is 0.342 e. The van der Waals surface area contributed by atoms with Gasteiger partial charge in [0.1, 0.15) is 11.6 Å². The smallest absolute Gasteiger partial charge is 0.246 e. The standard InChI is InChI=1S/C25H45N3O2/c1-5-7-8-9-10-11-12-13-17-27-18-14-25(15-19-27)24(30)26-22(20-21(3)4)23(29)28(25)16-6-2/h10-11,21-22H,5-9,12-20H2,1-4H3,(H,26,30)/b11-10-. The first-order valence-electron chi connectivity index (χ1n) is 12.4. The van der Waals surface area contributed by atoms with Gasteiger partial charge in [-0.2, -0.15) is 0 Å². The van der Waals surface area contributed by atoms with Gasteiger partial charge in [-0.05, 0) is 63.8 Å². The molecule has 2 fully saturated rings. The molecule has 2 rings (SSSR count). The number of rotatable bonds is 12. The Balaban J connectivity index is 1.85. The highest BCUT2D eigenvalue weighted by Gasteiger charge is 2.53. The molecular weight excluding hydrogens is 374 g/mol. The Morgan fingerprint density at radius 2 is 1.67 bits per heavy atom. The number of allylic oxidation sites excluding steroid dienone is 2. The van der Waals surface area contributed by atoms with E-state index in [-0.39, 0.29) is 17.9 Å². The Morgan fingerprint density at radius 3 is 2.27 bits per heavy atom. The van der Waals surface area contributed by atoms with E-state index in [1.54, 1.807) is 0 Å². The van der Waals surface area contributed by atoms with Gasteiger partial charge in [0.25, 0.3) is 0 Å². The first-order chi connectivity index (χ1) is 14.4. The highest BCUT2D eigenvalue weighted by molar-refractivity contribution is 6.00. The molecule has 1 atom stereocenters. The lowest BCUT2D eigenvalue weighted by Crippen LogP contribution is -2.73. The highest BCUT2D eigenvalue weighted by Crippen LogP contribution is 2.34. The summed E-state index contributed by atoms with van der Waals surface area (Å²) in [6.07, 6.45) is 15.2. The molecule has 172 valence electrons. The number of nitrogens with zero attached hydrogens (tertiary/aromatic N) is 2. The lowest BCUT2D eigenvalue weighted by molar-refractivity contribution is -0.161. The molecule has 2 amide bonds. The van der Waals surface area contributed by atoms with E-state index < -0.39 is 5.54 Å². The Bertz CT molecular complexity index is 565. The quantitative estimate of drug-likeness (QED) is 0.374. The fraction of sp³-hybridized carbons (Fsp3) is 0.840. The third kappa shape index (κ3) is 6.57. The molecule has 0 aromatic rings. The number of amides is 2. The number of carbonyl (C=O) groups excluding carboxylic acids is 2. The van der Waals surface area contributed by atoms with Crippen molar-refractivity contribution < 1.29 is 9.59 Å². The molecule has 1 unspecified atom stereocenters. The molecule has 1 spiro atoms. The summed E-state index contributed by atoms with van der Waals surface area (Å²) in [6.45, 7) is 12.1. The molecule has 0 aromatic heterocycles. The van der Waals surface area contributed by atoms with Crippen LogP contribution in [0.2, 0.25) is 0 Å². The van der Waals surface area contributed by atoms with Crippen LogP contribution in [-0.4, -0.2) is 59.4 Å². The summed E-state index contributed by atoms with van der Waals surface area (Å²) in [5.41, 5.74) is -0.629. The monoisotopic (exact) mass is 419 g/mol. The fourth-order valence-corrected chi connectivity index (χ4v) is 4.88. The number of carbonyl (C=O) groups is 2. The number of hydrogen-bond acceptors (Lipinski definition) is 3. The van der Waals surface area contributed by atoms with E-state index in [0.29, 0.717) is 12.5 Å². The second-order valence-electron chi connectivity index (χ2n) is 9.63. The van der Waals surface area contributed by atoms with Crippen molar-refractivity contribution in [1.82, 2.24) is 15.1 Å². The molecule has 2 aliphatic rings. The number of unbranched alkanes of at least 4 members (excludes halogenated alkanes) is 4.